The van der Waals surface area contributed by atoms with E-state index in [1.54, 1.807) is 7.05 Å². The molecule has 0 aliphatic rings. The van der Waals surface area contributed by atoms with Crippen molar-refractivity contribution >= 4 is 17.4 Å². The maximum Gasteiger partial charge on any atom is 1.00 e. The molecule has 0 aliphatic carbocycles. The van der Waals surface area contributed by atoms with Crippen molar-refractivity contribution in [3.63, 3.8) is 0 Å². The number of methoxy groups -OCH3 is 1. The van der Waals surface area contributed by atoms with Gasteiger partial charge in [0.05, 0.1) is 7.11 Å². The van der Waals surface area contributed by atoms with Crippen LogP contribution in [0.2, 0.25) is 0 Å². The number of hydrogen-bond acceptors (Lipinski definition) is 2. The van der Waals surface area contributed by atoms with E-state index in [2.05, 4.69) is 22.3 Å². The Balaban J connectivity index is -0.0000000208. The number of hydrogen-bond donors (Lipinski definition) is 1. The molecule has 0 aromatic carbocycles. The average Bonchev–Trinajstić information content (AvgIpc) is 1.65. The maximum atomic E-state index is 4.52. The van der Waals surface area contributed by atoms with Crippen molar-refractivity contribution < 1.29 is 66.7 Å². The predicted octanol–water partition coefficient (Wildman–Crippen LogP) is -5.63. The third kappa shape index (κ3) is 10.6. The van der Waals surface area contributed by atoms with E-state index in [9.17, 15) is 0 Å². The second-order valence-electron chi connectivity index (χ2n) is 0.742. The normalized spacial score (nSPS) is 5.25. The summed E-state index contributed by atoms with van der Waals surface area (Å²) in [5, 5.41) is 3.05. The Morgan fingerprint density at radius 1 is 1.62 bits per heavy atom. The minimum atomic E-state index is 0. The average molecular weight is 153 g/mol. The van der Waals surface area contributed by atoms with E-state index in [-0.39, 0.29) is 62.0 Å². The van der Waals surface area contributed by atoms with Crippen LogP contribution in [0.4, 0.5) is 0 Å². The molecule has 0 atom stereocenters. The van der Waals surface area contributed by atoms with Gasteiger partial charge in [0.15, 0.2) is 0 Å². The largest absolute Gasteiger partial charge is 1.00 e. The summed E-state index contributed by atoms with van der Waals surface area (Å²) in [6.45, 7) is 0. The van der Waals surface area contributed by atoms with Gasteiger partial charge in [0, 0.05) is 7.05 Å². The fraction of sp³-hybridized carbons (Fsp3) is 0.667. The minimum absolute atomic E-state index is 0. The minimum Gasteiger partial charge on any atom is -1.00 e. The number of ether oxygens (including phenoxy) is 1. The van der Waals surface area contributed by atoms with Crippen LogP contribution in [0, 0.1) is 0 Å². The van der Waals surface area contributed by atoms with Gasteiger partial charge in [0.2, 0.25) is 0 Å². The van der Waals surface area contributed by atoms with E-state index >= 15 is 0 Å². The fourth-order valence-electron chi connectivity index (χ4n) is 0.102. The summed E-state index contributed by atoms with van der Waals surface area (Å²) in [5.41, 5.74) is 0. The monoisotopic (exact) mass is 153 g/mol. The summed E-state index contributed by atoms with van der Waals surface area (Å²) in [4.78, 5) is 0. The maximum absolute atomic E-state index is 4.52. The van der Waals surface area contributed by atoms with Gasteiger partial charge in [-0.05, 0) is 12.2 Å². The first-order chi connectivity index (χ1) is 2.81. The summed E-state index contributed by atoms with van der Waals surface area (Å²) in [6, 6.07) is 0. The van der Waals surface area contributed by atoms with Crippen LogP contribution in [0.3, 0.4) is 0 Å². The first-order valence-corrected chi connectivity index (χ1v) is 1.97. The summed E-state index contributed by atoms with van der Waals surface area (Å²) < 4.78 is 4.52. The van der Waals surface area contributed by atoms with Crippen molar-refractivity contribution in [3.8, 4) is 0 Å². The van der Waals surface area contributed by atoms with Gasteiger partial charge in [0.25, 0.3) is 5.17 Å². The zero-order valence-electron chi connectivity index (χ0n) is 7.82. The Morgan fingerprint density at radius 3 is 2.00 bits per heavy atom. The van der Waals surface area contributed by atoms with E-state index in [1.165, 1.54) is 7.11 Å². The second kappa shape index (κ2) is 11.5. The summed E-state index contributed by atoms with van der Waals surface area (Å²) in [5.74, 6) is 0. The molecule has 0 aromatic rings. The van der Waals surface area contributed by atoms with Crippen LogP contribution in [-0.4, -0.2) is 19.3 Å². The predicted molar refractivity (Wildman–Crippen MR) is 30.9 cm³/mol. The molecule has 2 nitrogen and oxygen atoms in total. The van der Waals surface area contributed by atoms with Crippen molar-refractivity contribution in [2.45, 2.75) is 0 Å². The molecule has 0 saturated heterocycles. The first kappa shape index (κ1) is 16.3. The van der Waals surface area contributed by atoms with Gasteiger partial charge in [-0.3, -0.25) is 0 Å². The van der Waals surface area contributed by atoms with Crippen LogP contribution in [0.5, 0.6) is 0 Å². The molecule has 0 radical (unpaired) electrons. The Hall–Kier alpha value is 1.69. The Labute approximate surface area is 102 Å². The molecule has 1 N–H and O–H groups in total. The molecule has 0 aliphatic heterocycles. The smallest absolute Gasteiger partial charge is 1.00 e. The quantitative estimate of drug-likeness (QED) is 0.277. The van der Waals surface area contributed by atoms with Gasteiger partial charge in [-0.1, -0.05) is 0 Å². The van der Waals surface area contributed by atoms with E-state index < -0.39 is 0 Å². The molecular weight excluding hydrogens is 144 g/mol. The van der Waals surface area contributed by atoms with Crippen molar-refractivity contribution in [3.05, 3.63) is 0 Å². The summed E-state index contributed by atoms with van der Waals surface area (Å²) >= 11 is 4.52. The molecule has 0 unspecified atom stereocenters. The summed E-state index contributed by atoms with van der Waals surface area (Å²) in [7, 11) is 3.24. The molecule has 8 heavy (non-hydrogen) atoms. The van der Waals surface area contributed by atoms with Gasteiger partial charge >= 0.3 is 59.1 Å². The number of nitrogens with one attached hydrogen (secondary N) is 1. The van der Waals surface area contributed by atoms with E-state index in [4.69, 9.17) is 0 Å². The SMILES string of the molecule is CNC(=S)OC.[H-].[H-].[Na+].[Na+]. The zero-order chi connectivity index (χ0) is 4.99. The molecule has 0 aromatic heterocycles. The van der Waals surface area contributed by atoms with Crippen LogP contribution in [0.25, 0.3) is 0 Å². The van der Waals surface area contributed by atoms with Crippen LogP contribution in [-0.2, 0) is 4.74 Å². The molecule has 0 saturated carbocycles. The Morgan fingerprint density at radius 2 is 2.00 bits per heavy atom. The molecule has 5 heteroatoms. The van der Waals surface area contributed by atoms with Crippen molar-refractivity contribution in [1.29, 1.82) is 0 Å². The first-order valence-electron chi connectivity index (χ1n) is 1.57. The molecular formula is C3H9NNa2OS. The molecule has 0 amide bonds. The van der Waals surface area contributed by atoms with Crippen LogP contribution >= 0.6 is 12.2 Å². The Bertz CT molecular complexity index is 62.5. The third-order valence-electron chi connectivity index (χ3n) is 0.390. The van der Waals surface area contributed by atoms with Crippen LogP contribution in [0.1, 0.15) is 2.85 Å². The second-order valence-corrected chi connectivity index (χ2v) is 1.11. The van der Waals surface area contributed by atoms with Gasteiger partial charge in [-0.15, -0.1) is 0 Å². The van der Waals surface area contributed by atoms with Gasteiger partial charge < -0.3 is 12.9 Å². The van der Waals surface area contributed by atoms with Gasteiger partial charge in [-0.25, -0.2) is 0 Å². The topological polar surface area (TPSA) is 21.3 Å². The van der Waals surface area contributed by atoms with Gasteiger partial charge in [-0.2, -0.15) is 0 Å². The van der Waals surface area contributed by atoms with Crippen LogP contribution < -0.4 is 64.4 Å². The van der Waals surface area contributed by atoms with Crippen molar-refractivity contribution in [1.82, 2.24) is 5.32 Å². The third-order valence-corrected chi connectivity index (χ3v) is 0.760. The Kier molecular flexibility index (Phi) is 23.5. The number of rotatable bonds is 0. The zero-order valence-corrected chi connectivity index (χ0v) is 10.6. The van der Waals surface area contributed by atoms with E-state index in [0.717, 1.165) is 0 Å². The van der Waals surface area contributed by atoms with Gasteiger partial charge in [0.1, 0.15) is 0 Å². The molecule has 0 spiro atoms. The molecule has 0 fully saturated rings. The summed E-state index contributed by atoms with van der Waals surface area (Å²) in [6.07, 6.45) is 0. The molecule has 0 heterocycles. The molecule has 0 rings (SSSR count). The fourth-order valence-corrected chi connectivity index (χ4v) is 0.102. The number of thiocarbonyl (C=S) groups is 1. The standard InChI is InChI=1S/C3H7NOS.2Na.2H/c1-4-3(6)5-2;;;;/h1-2H3,(H,4,6);;;;/q;2*+1;2*-1. The van der Waals surface area contributed by atoms with E-state index in [0.29, 0.717) is 5.17 Å². The van der Waals surface area contributed by atoms with Crippen molar-refractivity contribution in [2.24, 2.45) is 0 Å². The van der Waals surface area contributed by atoms with Crippen molar-refractivity contribution in [2.75, 3.05) is 14.2 Å². The van der Waals surface area contributed by atoms with E-state index in [1.807, 2.05) is 0 Å². The van der Waals surface area contributed by atoms with Crippen LogP contribution in [0.15, 0.2) is 0 Å². The molecule has 0 bridgehead atoms. The molecule has 40 valence electrons.